The Labute approximate surface area is 301 Å². The molecule has 0 N–H and O–H groups in total. The van der Waals surface area contributed by atoms with Crippen molar-refractivity contribution in [3.05, 3.63) is 194 Å². The van der Waals surface area contributed by atoms with Crippen LogP contribution in [0.5, 0.6) is 0 Å². The summed E-state index contributed by atoms with van der Waals surface area (Å²) in [6.45, 7) is 0. The first-order valence-corrected chi connectivity index (χ1v) is 18.5. The number of hydrogen-bond donors (Lipinski definition) is 0. The minimum absolute atomic E-state index is 0.411. The summed E-state index contributed by atoms with van der Waals surface area (Å²) >= 11 is 1.91. The molecular formula is C48H34N2S. The highest BCUT2D eigenvalue weighted by Gasteiger charge is 2.22. The third-order valence-corrected chi connectivity index (χ3v) is 11.6. The number of benzene rings is 7. The van der Waals surface area contributed by atoms with Crippen LogP contribution < -0.4 is 4.90 Å². The number of rotatable bonds is 6. The fourth-order valence-electron chi connectivity index (χ4n) is 7.88. The largest absolute Gasteiger partial charge is 0.309 e. The lowest BCUT2D eigenvalue weighted by Gasteiger charge is -2.27. The zero-order valence-electron chi connectivity index (χ0n) is 28.0. The van der Waals surface area contributed by atoms with Crippen molar-refractivity contribution in [1.29, 1.82) is 0 Å². The molecule has 242 valence electrons. The summed E-state index contributed by atoms with van der Waals surface area (Å²) in [7, 11) is 0. The minimum atomic E-state index is 0.411. The molecule has 1 aliphatic carbocycles. The molecule has 0 aliphatic heterocycles. The quantitative estimate of drug-likeness (QED) is 0.171. The van der Waals surface area contributed by atoms with Gasteiger partial charge >= 0.3 is 0 Å². The molecule has 2 nitrogen and oxygen atoms in total. The fraction of sp³-hybridized carbons (Fsp3) is 0.0417. The van der Waals surface area contributed by atoms with Crippen LogP contribution >= 0.6 is 11.3 Å². The second kappa shape index (κ2) is 12.3. The number of para-hydroxylation sites is 2. The van der Waals surface area contributed by atoms with E-state index in [4.69, 9.17) is 0 Å². The Morgan fingerprint density at radius 1 is 0.510 bits per heavy atom. The molecule has 0 bridgehead atoms. The molecule has 7 aromatic carbocycles. The molecule has 10 rings (SSSR count). The van der Waals surface area contributed by atoms with Crippen LogP contribution in [0.3, 0.4) is 0 Å². The molecule has 2 heterocycles. The average molecular weight is 671 g/mol. The van der Waals surface area contributed by atoms with Crippen molar-refractivity contribution < 1.29 is 0 Å². The van der Waals surface area contributed by atoms with Crippen molar-refractivity contribution >= 4 is 70.4 Å². The van der Waals surface area contributed by atoms with Gasteiger partial charge < -0.3 is 9.47 Å². The summed E-state index contributed by atoms with van der Waals surface area (Å²) in [4.78, 5) is 2.44. The smallest absolute Gasteiger partial charge is 0.0640 e. The van der Waals surface area contributed by atoms with E-state index in [0.717, 1.165) is 17.8 Å². The Morgan fingerprint density at radius 2 is 1.18 bits per heavy atom. The number of aromatic nitrogens is 1. The normalized spacial score (nSPS) is 14.2. The topological polar surface area (TPSA) is 8.17 Å². The zero-order valence-corrected chi connectivity index (χ0v) is 28.8. The van der Waals surface area contributed by atoms with E-state index in [2.05, 4.69) is 198 Å². The summed E-state index contributed by atoms with van der Waals surface area (Å²) in [5, 5.41) is 5.18. The van der Waals surface area contributed by atoms with Gasteiger partial charge in [-0.1, -0.05) is 133 Å². The van der Waals surface area contributed by atoms with Crippen molar-refractivity contribution in [1.82, 2.24) is 4.57 Å². The Kier molecular flexibility index (Phi) is 7.18. The van der Waals surface area contributed by atoms with Crippen molar-refractivity contribution in [3.63, 3.8) is 0 Å². The molecular weight excluding hydrogens is 637 g/mol. The Balaban J connectivity index is 1.18. The number of nitrogens with zero attached hydrogens (tertiary/aromatic N) is 2. The monoisotopic (exact) mass is 670 g/mol. The molecule has 1 unspecified atom stereocenters. The molecule has 0 spiro atoms. The molecule has 51 heavy (non-hydrogen) atoms. The van der Waals surface area contributed by atoms with Gasteiger partial charge in [-0.2, -0.15) is 0 Å². The van der Waals surface area contributed by atoms with Crippen LogP contribution in [-0.4, -0.2) is 4.57 Å². The number of allylic oxidation sites excluding steroid dienone is 4. The highest BCUT2D eigenvalue weighted by atomic mass is 32.1. The number of anilines is 3. The Bertz CT molecular complexity index is 2750. The van der Waals surface area contributed by atoms with Crippen LogP contribution in [0, 0.1) is 0 Å². The first-order chi connectivity index (χ1) is 25.3. The van der Waals surface area contributed by atoms with Gasteiger partial charge in [-0.3, -0.25) is 0 Å². The van der Waals surface area contributed by atoms with Gasteiger partial charge in [-0.25, -0.2) is 0 Å². The van der Waals surface area contributed by atoms with Crippen LogP contribution in [-0.2, 0) is 0 Å². The third kappa shape index (κ3) is 5.00. The van der Waals surface area contributed by atoms with E-state index in [9.17, 15) is 0 Å². The van der Waals surface area contributed by atoms with E-state index in [1.54, 1.807) is 0 Å². The molecule has 0 amide bonds. The highest BCUT2D eigenvalue weighted by molar-refractivity contribution is 7.27. The maximum absolute atomic E-state index is 2.44. The lowest BCUT2D eigenvalue weighted by molar-refractivity contribution is 0.854. The summed E-state index contributed by atoms with van der Waals surface area (Å²) in [6.07, 6.45) is 9.92. The summed E-state index contributed by atoms with van der Waals surface area (Å²) in [5.41, 5.74) is 10.9. The molecule has 2 aromatic heterocycles. The maximum Gasteiger partial charge on any atom is 0.0640 e. The van der Waals surface area contributed by atoms with Crippen LogP contribution in [0.1, 0.15) is 17.9 Å². The average Bonchev–Trinajstić information content (AvgIpc) is 3.76. The van der Waals surface area contributed by atoms with Crippen LogP contribution in [0.25, 0.3) is 58.8 Å². The van der Waals surface area contributed by atoms with Crippen LogP contribution in [0.4, 0.5) is 17.1 Å². The Morgan fingerprint density at radius 3 is 1.94 bits per heavy atom. The van der Waals surface area contributed by atoms with Gasteiger partial charge in [0, 0.05) is 49.2 Å². The van der Waals surface area contributed by atoms with E-state index >= 15 is 0 Å². The third-order valence-electron chi connectivity index (χ3n) is 10.3. The summed E-state index contributed by atoms with van der Waals surface area (Å²) in [5.74, 6) is 0.411. The predicted octanol–water partition coefficient (Wildman–Crippen LogP) is 13.9. The van der Waals surface area contributed by atoms with Gasteiger partial charge in [-0.05, 0) is 77.7 Å². The standard InChI is InChI=1S/C48H34N2S/c1-4-13-33(14-5-1)35-23-27-38(28-24-35)49(39-29-25-36(26-30-39)34-15-6-2-7-16-34)45-22-12-20-40-41-31-32-44-46(48(41)51-47(40)45)42-19-10-11-21-43(42)50(44)37-17-8-3-9-18-37/h1-15,17-32,34H,16H2. The molecule has 1 atom stereocenters. The SMILES string of the molecule is C1=CCC(c2ccc(N(c3ccc(-c4ccccc4)cc3)c3cccc4c3sc3c4ccc4c3c3ccccc3n4-c3ccccc3)cc2)C=C1. The van der Waals surface area contributed by atoms with Gasteiger partial charge in [0.2, 0.25) is 0 Å². The van der Waals surface area contributed by atoms with Crippen molar-refractivity contribution in [3.8, 4) is 16.8 Å². The highest BCUT2D eigenvalue weighted by Crippen LogP contribution is 2.48. The second-order valence-electron chi connectivity index (χ2n) is 13.3. The van der Waals surface area contributed by atoms with Gasteiger partial charge in [0.1, 0.15) is 0 Å². The van der Waals surface area contributed by atoms with Crippen molar-refractivity contribution in [2.75, 3.05) is 4.90 Å². The minimum Gasteiger partial charge on any atom is -0.309 e. The second-order valence-corrected chi connectivity index (χ2v) is 14.3. The first-order valence-electron chi connectivity index (χ1n) is 17.6. The molecule has 0 fully saturated rings. The number of hydrogen-bond acceptors (Lipinski definition) is 2. The van der Waals surface area contributed by atoms with Crippen LogP contribution in [0.15, 0.2) is 188 Å². The van der Waals surface area contributed by atoms with E-state index in [-0.39, 0.29) is 0 Å². The van der Waals surface area contributed by atoms with Gasteiger partial charge in [-0.15, -0.1) is 11.3 Å². The molecule has 0 radical (unpaired) electrons. The van der Waals surface area contributed by atoms with Gasteiger partial charge in [0.25, 0.3) is 0 Å². The van der Waals surface area contributed by atoms with Gasteiger partial charge in [0.15, 0.2) is 0 Å². The van der Waals surface area contributed by atoms with E-state index in [1.165, 1.54) is 70.0 Å². The van der Waals surface area contributed by atoms with E-state index in [1.807, 2.05) is 11.3 Å². The van der Waals surface area contributed by atoms with Gasteiger partial charge in [0.05, 0.1) is 21.4 Å². The first kappa shape index (κ1) is 29.7. The molecule has 0 saturated carbocycles. The number of fused-ring (bicyclic) bond motifs is 7. The molecule has 9 aromatic rings. The molecule has 3 heteroatoms. The summed E-state index contributed by atoms with van der Waals surface area (Å²) in [6, 6.07) is 59.9. The lowest BCUT2D eigenvalue weighted by Crippen LogP contribution is -2.10. The fourth-order valence-corrected chi connectivity index (χ4v) is 9.24. The molecule has 0 saturated heterocycles. The molecule has 1 aliphatic rings. The lowest BCUT2D eigenvalue weighted by atomic mass is 9.92. The van der Waals surface area contributed by atoms with E-state index < -0.39 is 0 Å². The van der Waals surface area contributed by atoms with Crippen molar-refractivity contribution in [2.24, 2.45) is 0 Å². The van der Waals surface area contributed by atoms with E-state index in [0.29, 0.717) is 5.92 Å². The predicted molar refractivity (Wildman–Crippen MR) is 219 cm³/mol. The summed E-state index contributed by atoms with van der Waals surface area (Å²) < 4.78 is 5.02. The number of thiophene rings is 1. The van der Waals surface area contributed by atoms with Crippen LogP contribution in [0.2, 0.25) is 0 Å². The zero-order chi connectivity index (χ0) is 33.7. The van der Waals surface area contributed by atoms with Crippen molar-refractivity contribution in [2.45, 2.75) is 12.3 Å². The maximum atomic E-state index is 2.44. The Hall–Kier alpha value is -6.16.